The fraction of sp³-hybridized carbons (Fsp3) is 0.111. The predicted octanol–water partition coefficient (Wildman–Crippen LogP) is 2.85. The van der Waals surface area contributed by atoms with Gasteiger partial charge in [0.2, 0.25) is 0 Å². The standard InChI is InChI=1S/C18H17N3O4/c1-2-7-14-8-4-6-11-17(14)25-13-18(22)20-19-12-15-9-3-5-10-16(15)21(23)24/h2-6,8-12H,1,7,13H2,(H,20,22)/b19-12-. The van der Waals surface area contributed by atoms with Crippen molar-refractivity contribution < 1.29 is 14.5 Å². The van der Waals surface area contributed by atoms with Gasteiger partial charge in [0.15, 0.2) is 6.61 Å². The smallest absolute Gasteiger partial charge is 0.278 e. The lowest BCUT2D eigenvalue weighted by molar-refractivity contribution is -0.385. The Morgan fingerprint density at radius 1 is 1.24 bits per heavy atom. The molecule has 0 unspecified atom stereocenters. The Labute approximate surface area is 144 Å². The average Bonchev–Trinajstić information content (AvgIpc) is 2.61. The highest BCUT2D eigenvalue weighted by atomic mass is 16.6. The number of nitro benzene ring substituents is 1. The van der Waals surface area contributed by atoms with Crippen LogP contribution in [0, 0.1) is 10.1 Å². The number of para-hydroxylation sites is 2. The maximum atomic E-state index is 11.8. The van der Waals surface area contributed by atoms with Crippen molar-refractivity contribution in [2.24, 2.45) is 5.10 Å². The summed E-state index contributed by atoms with van der Waals surface area (Å²) in [6, 6.07) is 13.5. The van der Waals surface area contributed by atoms with Crippen molar-refractivity contribution in [3.63, 3.8) is 0 Å². The van der Waals surface area contributed by atoms with Gasteiger partial charge in [0.1, 0.15) is 5.75 Å². The van der Waals surface area contributed by atoms with Gasteiger partial charge >= 0.3 is 0 Å². The van der Waals surface area contributed by atoms with Gasteiger partial charge in [0.05, 0.1) is 16.7 Å². The van der Waals surface area contributed by atoms with E-state index in [-0.39, 0.29) is 12.3 Å². The second-order valence-corrected chi connectivity index (χ2v) is 5.00. The third-order valence-electron chi connectivity index (χ3n) is 3.22. The molecule has 1 amide bonds. The Balaban J connectivity index is 1.91. The van der Waals surface area contributed by atoms with Crippen molar-refractivity contribution in [1.82, 2.24) is 5.43 Å². The van der Waals surface area contributed by atoms with E-state index in [9.17, 15) is 14.9 Å². The number of nitrogens with zero attached hydrogens (tertiary/aromatic N) is 2. The van der Waals surface area contributed by atoms with Crippen molar-refractivity contribution >= 4 is 17.8 Å². The zero-order valence-electron chi connectivity index (χ0n) is 13.4. The topological polar surface area (TPSA) is 93.8 Å². The Hall–Kier alpha value is -3.48. The number of ether oxygens (including phenoxy) is 1. The number of nitrogens with one attached hydrogen (secondary N) is 1. The van der Waals surface area contributed by atoms with Crippen LogP contribution in [0.2, 0.25) is 0 Å². The molecule has 0 bridgehead atoms. The summed E-state index contributed by atoms with van der Waals surface area (Å²) >= 11 is 0. The molecule has 0 aliphatic rings. The van der Waals surface area contributed by atoms with Crippen molar-refractivity contribution in [2.75, 3.05) is 6.61 Å². The largest absolute Gasteiger partial charge is 0.483 e. The molecule has 2 rings (SSSR count). The average molecular weight is 339 g/mol. The summed E-state index contributed by atoms with van der Waals surface area (Å²) in [6.45, 7) is 3.46. The second-order valence-electron chi connectivity index (χ2n) is 5.00. The molecule has 7 heteroatoms. The maximum absolute atomic E-state index is 11.8. The first kappa shape index (κ1) is 17.9. The first-order valence-corrected chi connectivity index (χ1v) is 7.48. The van der Waals surface area contributed by atoms with Crippen LogP contribution in [0.5, 0.6) is 5.75 Å². The third kappa shape index (κ3) is 5.28. The summed E-state index contributed by atoms with van der Waals surface area (Å²) in [4.78, 5) is 22.2. The zero-order chi connectivity index (χ0) is 18.1. The number of nitro groups is 1. The molecule has 25 heavy (non-hydrogen) atoms. The van der Waals surface area contributed by atoms with Crippen LogP contribution in [0.4, 0.5) is 5.69 Å². The van der Waals surface area contributed by atoms with Crippen molar-refractivity contribution in [3.05, 3.63) is 82.4 Å². The fourth-order valence-corrected chi connectivity index (χ4v) is 2.08. The molecule has 0 heterocycles. The molecule has 1 N–H and O–H groups in total. The molecule has 0 aromatic heterocycles. The molecule has 2 aromatic rings. The third-order valence-corrected chi connectivity index (χ3v) is 3.22. The molecule has 7 nitrogen and oxygen atoms in total. The van der Waals surface area contributed by atoms with Crippen LogP contribution >= 0.6 is 0 Å². The second kappa shape index (κ2) is 8.97. The van der Waals surface area contributed by atoms with Gasteiger partial charge in [-0.05, 0) is 24.1 Å². The summed E-state index contributed by atoms with van der Waals surface area (Å²) in [5.41, 5.74) is 3.41. The van der Waals surface area contributed by atoms with E-state index in [4.69, 9.17) is 4.74 Å². The van der Waals surface area contributed by atoms with Gasteiger partial charge in [0.25, 0.3) is 11.6 Å². The van der Waals surface area contributed by atoms with E-state index in [0.717, 1.165) is 5.56 Å². The molecule has 0 aliphatic heterocycles. The number of rotatable bonds is 8. The van der Waals surface area contributed by atoms with Gasteiger partial charge < -0.3 is 4.74 Å². The summed E-state index contributed by atoms with van der Waals surface area (Å²) in [6.07, 6.45) is 3.61. The number of hydrogen-bond donors (Lipinski definition) is 1. The molecule has 0 radical (unpaired) electrons. The van der Waals surface area contributed by atoms with Crippen LogP contribution in [0.25, 0.3) is 0 Å². The van der Waals surface area contributed by atoms with Crippen molar-refractivity contribution in [1.29, 1.82) is 0 Å². The van der Waals surface area contributed by atoms with E-state index in [0.29, 0.717) is 17.7 Å². The lowest BCUT2D eigenvalue weighted by atomic mass is 10.1. The summed E-state index contributed by atoms with van der Waals surface area (Å²) in [7, 11) is 0. The van der Waals surface area contributed by atoms with Crippen LogP contribution < -0.4 is 10.2 Å². The van der Waals surface area contributed by atoms with E-state index >= 15 is 0 Å². The summed E-state index contributed by atoms with van der Waals surface area (Å²) in [5, 5.41) is 14.6. The Morgan fingerprint density at radius 3 is 2.72 bits per heavy atom. The normalized spacial score (nSPS) is 10.4. The van der Waals surface area contributed by atoms with E-state index in [1.807, 2.05) is 18.2 Å². The molecule has 2 aromatic carbocycles. The number of carbonyl (C=O) groups is 1. The van der Waals surface area contributed by atoms with Crippen LogP contribution in [0.15, 0.2) is 66.3 Å². The molecule has 0 spiro atoms. The fourth-order valence-electron chi connectivity index (χ4n) is 2.08. The molecule has 0 fully saturated rings. The molecule has 0 atom stereocenters. The van der Waals surface area contributed by atoms with Crippen molar-refractivity contribution in [3.8, 4) is 5.75 Å². The van der Waals surface area contributed by atoms with Crippen LogP contribution in [0.3, 0.4) is 0 Å². The minimum Gasteiger partial charge on any atom is -0.483 e. The van der Waals surface area contributed by atoms with Crippen molar-refractivity contribution in [2.45, 2.75) is 6.42 Å². The highest BCUT2D eigenvalue weighted by Gasteiger charge is 2.10. The number of allylic oxidation sites excluding steroid dienone is 1. The predicted molar refractivity (Wildman–Crippen MR) is 94.7 cm³/mol. The number of hydrogen-bond acceptors (Lipinski definition) is 5. The molecular formula is C18H17N3O4. The first-order chi connectivity index (χ1) is 12.1. The number of benzene rings is 2. The first-order valence-electron chi connectivity index (χ1n) is 7.48. The van der Waals surface area contributed by atoms with Crippen LogP contribution in [-0.4, -0.2) is 23.7 Å². The van der Waals surface area contributed by atoms with Gasteiger partial charge in [-0.25, -0.2) is 5.43 Å². The van der Waals surface area contributed by atoms with Gasteiger partial charge in [-0.3, -0.25) is 14.9 Å². The summed E-state index contributed by atoms with van der Waals surface area (Å²) in [5.74, 6) is 0.128. The van der Waals surface area contributed by atoms with Crippen LogP contribution in [-0.2, 0) is 11.2 Å². The zero-order valence-corrected chi connectivity index (χ0v) is 13.4. The lowest BCUT2D eigenvalue weighted by Gasteiger charge is -2.09. The highest BCUT2D eigenvalue weighted by Crippen LogP contribution is 2.18. The van der Waals surface area contributed by atoms with Gasteiger partial charge in [-0.2, -0.15) is 5.10 Å². The molecule has 0 saturated heterocycles. The quantitative estimate of drug-likeness (QED) is 0.346. The number of hydrazone groups is 1. The number of carbonyl (C=O) groups excluding carboxylic acids is 1. The Bertz CT molecular complexity index is 802. The molecule has 0 aliphatic carbocycles. The SMILES string of the molecule is C=CCc1ccccc1OCC(=O)N/N=C\c1ccccc1[N+](=O)[O-]. The monoisotopic (exact) mass is 339 g/mol. The molecule has 128 valence electrons. The highest BCUT2D eigenvalue weighted by molar-refractivity contribution is 5.86. The Kier molecular flexibility index (Phi) is 6.41. The lowest BCUT2D eigenvalue weighted by Crippen LogP contribution is -2.24. The van der Waals surface area contributed by atoms with Gasteiger partial charge in [0, 0.05) is 6.07 Å². The van der Waals surface area contributed by atoms with E-state index in [1.165, 1.54) is 18.3 Å². The van der Waals surface area contributed by atoms with E-state index in [2.05, 4.69) is 17.1 Å². The van der Waals surface area contributed by atoms with Gasteiger partial charge in [-0.1, -0.05) is 36.4 Å². The number of amides is 1. The minimum atomic E-state index is -0.511. The molecule has 0 saturated carbocycles. The van der Waals surface area contributed by atoms with Gasteiger partial charge in [-0.15, -0.1) is 6.58 Å². The van der Waals surface area contributed by atoms with E-state index < -0.39 is 10.8 Å². The summed E-state index contributed by atoms with van der Waals surface area (Å²) < 4.78 is 5.47. The minimum absolute atomic E-state index is 0.0879. The van der Waals surface area contributed by atoms with Crippen LogP contribution in [0.1, 0.15) is 11.1 Å². The molecular weight excluding hydrogens is 322 g/mol. The van der Waals surface area contributed by atoms with E-state index in [1.54, 1.807) is 24.3 Å². The Morgan fingerprint density at radius 2 is 1.96 bits per heavy atom. The maximum Gasteiger partial charge on any atom is 0.278 e.